The van der Waals surface area contributed by atoms with Crippen LogP contribution in [0.3, 0.4) is 0 Å². The molecule has 1 fully saturated rings. The number of rotatable bonds is 10. The normalized spacial score (nSPS) is 17.6. The first kappa shape index (κ1) is 18.7. The molecule has 7 heteroatoms. The molecule has 1 aromatic rings. The lowest BCUT2D eigenvalue weighted by atomic mass is 10.0. The van der Waals surface area contributed by atoms with Crippen LogP contribution < -0.4 is 10.6 Å². The molecule has 1 aromatic heterocycles. The second-order valence-electron chi connectivity index (χ2n) is 6.67. The Bertz CT molecular complexity index is 523. The van der Waals surface area contributed by atoms with Gasteiger partial charge in [0.1, 0.15) is 5.60 Å². The predicted molar refractivity (Wildman–Crippen MR) is 94.9 cm³/mol. The van der Waals surface area contributed by atoms with Crippen molar-refractivity contribution in [1.29, 1.82) is 0 Å². The van der Waals surface area contributed by atoms with E-state index in [1.807, 2.05) is 20.2 Å². The molecule has 1 aliphatic rings. The predicted octanol–water partition coefficient (Wildman–Crippen LogP) is 0.999. The Balaban J connectivity index is 1.74. The Morgan fingerprint density at radius 1 is 1.50 bits per heavy atom. The molecule has 1 saturated carbocycles. The van der Waals surface area contributed by atoms with E-state index in [1.54, 1.807) is 17.8 Å². The third-order valence-electron chi connectivity index (χ3n) is 4.02. The SMILES string of the molecule is CCNC(=NCC(C)(O)c1cnn(C)c1)NCCCOCC1CC1. The first-order valence-corrected chi connectivity index (χ1v) is 8.82. The molecule has 136 valence electrons. The average Bonchev–Trinajstić information content (AvgIpc) is 3.26. The summed E-state index contributed by atoms with van der Waals surface area (Å²) in [4.78, 5) is 4.49. The van der Waals surface area contributed by atoms with E-state index >= 15 is 0 Å². The number of aliphatic imine (C=N–C) groups is 1. The number of nitrogens with one attached hydrogen (secondary N) is 2. The zero-order valence-electron chi connectivity index (χ0n) is 15.1. The second-order valence-corrected chi connectivity index (χ2v) is 6.67. The van der Waals surface area contributed by atoms with Crippen molar-refractivity contribution in [2.24, 2.45) is 18.0 Å². The third kappa shape index (κ3) is 6.49. The van der Waals surface area contributed by atoms with E-state index in [9.17, 15) is 5.11 Å². The molecule has 0 radical (unpaired) electrons. The third-order valence-corrected chi connectivity index (χ3v) is 4.02. The van der Waals surface area contributed by atoms with Gasteiger partial charge in [0, 0.05) is 45.1 Å². The molecular formula is C17H31N5O2. The molecule has 0 amide bonds. The molecule has 3 N–H and O–H groups in total. The van der Waals surface area contributed by atoms with Gasteiger partial charge in [-0.25, -0.2) is 4.99 Å². The summed E-state index contributed by atoms with van der Waals surface area (Å²) >= 11 is 0. The average molecular weight is 337 g/mol. The molecule has 0 aromatic carbocycles. The van der Waals surface area contributed by atoms with Crippen molar-refractivity contribution in [2.75, 3.05) is 32.8 Å². The summed E-state index contributed by atoms with van der Waals surface area (Å²) in [5.74, 6) is 1.52. The molecule has 1 heterocycles. The molecule has 24 heavy (non-hydrogen) atoms. The highest BCUT2D eigenvalue weighted by Gasteiger charge is 2.24. The summed E-state index contributed by atoms with van der Waals surface area (Å²) < 4.78 is 7.30. The van der Waals surface area contributed by atoms with Gasteiger partial charge in [-0.1, -0.05) is 0 Å². The molecule has 2 rings (SSSR count). The Kier molecular flexibility index (Phi) is 7.05. The Morgan fingerprint density at radius 3 is 2.92 bits per heavy atom. The summed E-state index contributed by atoms with van der Waals surface area (Å²) in [5, 5.41) is 21.2. The van der Waals surface area contributed by atoms with Gasteiger partial charge in [0.25, 0.3) is 0 Å². The maximum atomic E-state index is 10.6. The molecule has 0 saturated heterocycles. The fourth-order valence-corrected chi connectivity index (χ4v) is 2.28. The number of hydrogen-bond donors (Lipinski definition) is 3. The van der Waals surface area contributed by atoms with Gasteiger partial charge in [-0.2, -0.15) is 5.10 Å². The summed E-state index contributed by atoms with van der Waals surface area (Å²) in [6.45, 7) is 7.30. The monoisotopic (exact) mass is 337 g/mol. The van der Waals surface area contributed by atoms with Crippen LogP contribution in [0.4, 0.5) is 0 Å². The first-order chi connectivity index (χ1) is 11.5. The number of aromatic nitrogens is 2. The molecule has 0 bridgehead atoms. The molecule has 1 atom stereocenters. The summed E-state index contributed by atoms with van der Waals surface area (Å²) in [5.41, 5.74) is -0.276. The highest BCUT2D eigenvalue weighted by Crippen LogP contribution is 2.28. The van der Waals surface area contributed by atoms with Gasteiger partial charge in [0.15, 0.2) is 5.96 Å². The van der Waals surface area contributed by atoms with Crippen molar-refractivity contribution in [3.63, 3.8) is 0 Å². The molecule has 0 aliphatic heterocycles. The maximum absolute atomic E-state index is 10.6. The summed E-state index contributed by atoms with van der Waals surface area (Å²) in [6.07, 6.45) is 7.08. The maximum Gasteiger partial charge on any atom is 0.191 e. The van der Waals surface area contributed by atoms with E-state index in [1.165, 1.54) is 12.8 Å². The van der Waals surface area contributed by atoms with Crippen molar-refractivity contribution in [2.45, 2.75) is 38.7 Å². The van der Waals surface area contributed by atoms with Crippen LogP contribution in [0, 0.1) is 5.92 Å². The van der Waals surface area contributed by atoms with E-state index in [0.29, 0.717) is 5.96 Å². The van der Waals surface area contributed by atoms with Gasteiger partial charge in [0.05, 0.1) is 12.7 Å². The number of nitrogens with zero attached hydrogens (tertiary/aromatic N) is 3. The van der Waals surface area contributed by atoms with Crippen molar-refractivity contribution >= 4 is 5.96 Å². The second kappa shape index (κ2) is 9.03. The lowest BCUT2D eigenvalue weighted by Crippen LogP contribution is -2.39. The molecule has 0 spiro atoms. The number of guanidine groups is 1. The van der Waals surface area contributed by atoms with Crippen molar-refractivity contribution in [3.8, 4) is 0 Å². The van der Waals surface area contributed by atoms with Gasteiger partial charge in [-0.3, -0.25) is 4.68 Å². The standard InChI is InChI=1S/C17H31N5O2/c1-4-18-16(19-8-5-9-24-12-14-6-7-14)20-13-17(2,23)15-10-21-22(3)11-15/h10-11,14,23H,4-9,12-13H2,1-3H3,(H2,18,19,20). The largest absolute Gasteiger partial charge is 0.383 e. The highest BCUT2D eigenvalue weighted by atomic mass is 16.5. The van der Waals surface area contributed by atoms with E-state index in [2.05, 4.69) is 20.7 Å². The van der Waals surface area contributed by atoms with Crippen LogP contribution in [0.15, 0.2) is 17.4 Å². The number of aliphatic hydroxyl groups is 1. The van der Waals surface area contributed by atoms with E-state index < -0.39 is 5.60 Å². The van der Waals surface area contributed by atoms with Crippen LogP contribution in [0.1, 0.15) is 38.7 Å². The number of aryl methyl sites for hydroxylation is 1. The van der Waals surface area contributed by atoms with E-state index in [4.69, 9.17) is 4.74 Å². The fraction of sp³-hybridized carbons (Fsp3) is 0.765. The number of ether oxygens (including phenoxy) is 1. The zero-order valence-corrected chi connectivity index (χ0v) is 15.1. The molecule has 7 nitrogen and oxygen atoms in total. The quantitative estimate of drug-likeness (QED) is 0.337. The molecule has 1 aliphatic carbocycles. The summed E-state index contributed by atoms with van der Waals surface area (Å²) in [6, 6.07) is 0. The van der Waals surface area contributed by atoms with Crippen LogP contribution in [0.2, 0.25) is 0 Å². The minimum Gasteiger partial charge on any atom is -0.383 e. The topological polar surface area (TPSA) is 83.7 Å². The van der Waals surface area contributed by atoms with E-state index in [-0.39, 0.29) is 6.54 Å². The van der Waals surface area contributed by atoms with Gasteiger partial charge in [0.2, 0.25) is 0 Å². The minimum absolute atomic E-state index is 0.270. The lowest BCUT2D eigenvalue weighted by Gasteiger charge is -2.20. The van der Waals surface area contributed by atoms with Crippen molar-refractivity contribution in [1.82, 2.24) is 20.4 Å². The Morgan fingerprint density at radius 2 is 2.29 bits per heavy atom. The van der Waals surface area contributed by atoms with Gasteiger partial charge in [-0.15, -0.1) is 0 Å². The number of hydrogen-bond acceptors (Lipinski definition) is 4. The smallest absolute Gasteiger partial charge is 0.191 e. The fourth-order valence-electron chi connectivity index (χ4n) is 2.28. The highest BCUT2D eigenvalue weighted by molar-refractivity contribution is 5.79. The van der Waals surface area contributed by atoms with E-state index in [0.717, 1.165) is 44.2 Å². The molecular weight excluding hydrogens is 306 g/mol. The Hall–Kier alpha value is -1.60. The minimum atomic E-state index is -1.04. The molecule has 1 unspecified atom stereocenters. The lowest BCUT2D eigenvalue weighted by molar-refractivity contribution is 0.0671. The van der Waals surface area contributed by atoms with Gasteiger partial charge >= 0.3 is 0 Å². The van der Waals surface area contributed by atoms with Crippen LogP contribution in [-0.4, -0.2) is 53.7 Å². The van der Waals surface area contributed by atoms with Crippen LogP contribution >= 0.6 is 0 Å². The van der Waals surface area contributed by atoms with Crippen LogP contribution in [0.25, 0.3) is 0 Å². The van der Waals surface area contributed by atoms with Gasteiger partial charge < -0.3 is 20.5 Å². The van der Waals surface area contributed by atoms with Crippen LogP contribution in [-0.2, 0) is 17.4 Å². The van der Waals surface area contributed by atoms with Crippen molar-refractivity contribution < 1.29 is 9.84 Å². The summed E-state index contributed by atoms with van der Waals surface area (Å²) in [7, 11) is 1.83. The zero-order chi connectivity index (χ0) is 17.4. The Labute approximate surface area is 144 Å². The first-order valence-electron chi connectivity index (χ1n) is 8.82. The van der Waals surface area contributed by atoms with Crippen molar-refractivity contribution in [3.05, 3.63) is 18.0 Å². The van der Waals surface area contributed by atoms with Gasteiger partial charge in [-0.05, 0) is 39.0 Å². The van der Waals surface area contributed by atoms with Crippen LogP contribution in [0.5, 0.6) is 0 Å².